The number of carbonyl (C=O) groups excluding carboxylic acids is 1. The second-order valence-corrected chi connectivity index (χ2v) is 8.86. The van der Waals surface area contributed by atoms with Crippen molar-refractivity contribution in [2.75, 3.05) is 25.9 Å². The van der Waals surface area contributed by atoms with E-state index in [4.69, 9.17) is 15.6 Å². The second-order valence-electron chi connectivity index (χ2n) is 8.86. The van der Waals surface area contributed by atoms with Gasteiger partial charge in [-0.1, -0.05) is 60.7 Å². The van der Waals surface area contributed by atoms with Crippen molar-refractivity contribution in [1.29, 1.82) is 0 Å². The molecule has 8 heteroatoms. The van der Waals surface area contributed by atoms with Gasteiger partial charge in [-0.05, 0) is 72.8 Å². The highest BCUT2D eigenvalue weighted by molar-refractivity contribution is 5.81. The fourth-order valence-corrected chi connectivity index (χ4v) is 4.31. The molecule has 0 aromatic heterocycles. The van der Waals surface area contributed by atoms with E-state index in [0.717, 1.165) is 46.5 Å². The molecule has 196 valence electrons. The second kappa shape index (κ2) is 14.0. The Kier molecular flexibility index (Phi) is 10.5. The van der Waals surface area contributed by atoms with Crippen LogP contribution in [0.25, 0.3) is 11.1 Å². The minimum Gasteiger partial charge on any atom is -0.480 e. The summed E-state index contributed by atoms with van der Waals surface area (Å²) in [4.78, 5) is 23.6. The minimum atomic E-state index is -1.04. The minimum absolute atomic E-state index is 0.0444. The molecule has 1 atom stereocenters. The van der Waals surface area contributed by atoms with E-state index in [1.54, 1.807) is 24.3 Å². The van der Waals surface area contributed by atoms with E-state index in [-0.39, 0.29) is 19.1 Å². The van der Waals surface area contributed by atoms with Crippen molar-refractivity contribution in [3.63, 3.8) is 0 Å². The lowest BCUT2D eigenvalue weighted by molar-refractivity contribution is -0.139. The number of rotatable bonds is 10. The van der Waals surface area contributed by atoms with Crippen LogP contribution in [0.15, 0.2) is 72.8 Å². The summed E-state index contributed by atoms with van der Waals surface area (Å²) in [7, 11) is 1.85. The molecule has 0 saturated carbocycles. The number of hydrogen-bond acceptors (Lipinski definition) is 6. The molecular weight excluding hydrogens is 470 g/mol. The monoisotopic (exact) mass is 505 g/mol. The van der Waals surface area contributed by atoms with Gasteiger partial charge in [-0.25, -0.2) is 9.59 Å². The smallest absolute Gasteiger partial charge is 0.407 e. The normalized spacial score (nSPS) is 12.5. The van der Waals surface area contributed by atoms with Gasteiger partial charge in [-0.15, -0.1) is 0 Å². The molecule has 1 amide bonds. The van der Waals surface area contributed by atoms with Crippen LogP contribution in [-0.2, 0) is 16.1 Å². The Morgan fingerprint density at radius 2 is 1.54 bits per heavy atom. The molecule has 1 aliphatic carbocycles. The Labute approximate surface area is 217 Å². The van der Waals surface area contributed by atoms with Crippen LogP contribution in [0.2, 0.25) is 0 Å². The number of nitrogens with one attached hydrogen (secondary N) is 2. The zero-order valence-corrected chi connectivity index (χ0v) is 21.0. The average Bonchev–Trinajstić information content (AvgIpc) is 3.23. The quantitative estimate of drug-likeness (QED) is 0.207. The summed E-state index contributed by atoms with van der Waals surface area (Å²) < 4.78 is 5.42. The van der Waals surface area contributed by atoms with E-state index in [1.807, 2.05) is 43.4 Å². The van der Waals surface area contributed by atoms with Crippen LogP contribution >= 0.6 is 0 Å². The van der Waals surface area contributed by atoms with Crippen molar-refractivity contribution in [2.45, 2.75) is 37.8 Å². The van der Waals surface area contributed by atoms with Crippen molar-refractivity contribution < 1.29 is 24.5 Å². The molecule has 0 fully saturated rings. The summed E-state index contributed by atoms with van der Waals surface area (Å²) in [5.74, 6) is -1.09. The number of carboxylic acids is 1. The number of benzene rings is 3. The van der Waals surface area contributed by atoms with Crippen LogP contribution in [0.3, 0.4) is 0 Å². The molecule has 0 heterocycles. The third-order valence-electron chi connectivity index (χ3n) is 6.27. The zero-order valence-electron chi connectivity index (χ0n) is 21.0. The fourth-order valence-electron chi connectivity index (χ4n) is 4.31. The number of ether oxygens (including phenoxy) is 1. The van der Waals surface area contributed by atoms with Gasteiger partial charge in [0, 0.05) is 11.6 Å². The summed E-state index contributed by atoms with van der Waals surface area (Å²) in [6.45, 7) is 1.07. The maximum atomic E-state index is 12.2. The summed E-state index contributed by atoms with van der Waals surface area (Å²) in [5, 5.41) is 23.4. The molecule has 3 aromatic carbocycles. The number of amides is 1. The van der Waals surface area contributed by atoms with Gasteiger partial charge < -0.3 is 31.3 Å². The lowest BCUT2D eigenvalue weighted by Crippen LogP contribution is -2.41. The molecule has 0 bridgehead atoms. The number of alkyl carbamates (subject to hydrolysis) is 1. The van der Waals surface area contributed by atoms with Crippen LogP contribution in [0.1, 0.15) is 41.9 Å². The van der Waals surface area contributed by atoms with Crippen molar-refractivity contribution in [3.8, 4) is 11.1 Å². The van der Waals surface area contributed by atoms with Crippen molar-refractivity contribution in [1.82, 2.24) is 10.6 Å². The van der Waals surface area contributed by atoms with Gasteiger partial charge in [-0.3, -0.25) is 0 Å². The largest absolute Gasteiger partial charge is 0.480 e. The summed E-state index contributed by atoms with van der Waals surface area (Å²) in [6, 6.07) is 22.4. The molecule has 0 saturated heterocycles. The zero-order chi connectivity index (χ0) is 26.6. The van der Waals surface area contributed by atoms with Crippen molar-refractivity contribution >= 4 is 17.7 Å². The summed E-state index contributed by atoms with van der Waals surface area (Å²) >= 11 is 0. The SMILES string of the molecule is CNCCCCC(NC(=O)OCC1c2ccccc2-c2ccccc21)C(=O)O.Nc1ccc(CO)cc1. The third kappa shape index (κ3) is 7.80. The first-order valence-corrected chi connectivity index (χ1v) is 12.4. The van der Waals surface area contributed by atoms with Crippen LogP contribution < -0.4 is 16.4 Å². The Hall–Kier alpha value is -3.88. The van der Waals surface area contributed by atoms with E-state index in [1.165, 1.54) is 0 Å². The van der Waals surface area contributed by atoms with Gasteiger partial charge in [0.1, 0.15) is 12.6 Å². The number of fused-ring (bicyclic) bond motifs is 3. The molecule has 8 nitrogen and oxygen atoms in total. The van der Waals surface area contributed by atoms with E-state index >= 15 is 0 Å². The molecule has 3 aromatic rings. The molecule has 0 aliphatic heterocycles. The van der Waals surface area contributed by atoms with Crippen LogP contribution in [0, 0.1) is 0 Å². The molecule has 0 radical (unpaired) electrons. The number of hydrogen-bond donors (Lipinski definition) is 5. The lowest BCUT2D eigenvalue weighted by Gasteiger charge is -2.17. The molecular formula is C29H35N3O5. The van der Waals surface area contributed by atoms with Gasteiger partial charge in [0.05, 0.1) is 6.61 Å². The molecule has 1 aliphatic rings. The number of carboxylic acid groups (broad SMARTS) is 1. The Morgan fingerprint density at radius 1 is 0.946 bits per heavy atom. The van der Waals surface area contributed by atoms with E-state index in [2.05, 4.69) is 22.8 Å². The summed E-state index contributed by atoms with van der Waals surface area (Å²) in [5.41, 5.74) is 11.6. The standard InChI is InChI=1S/C22H26N2O4.C7H9NO/c1-23-13-7-6-12-20(21(25)26)24-22(27)28-14-19-17-10-4-2-8-15(17)16-9-3-5-11-18(16)19;8-7-3-1-6(5-9)2-4-7/h2-5,8-11,19-20,23H,6-7,12-14H2,1H3,(H,24,27)(H,25,26);1-4,9H,5,8H2. The van der Waals surface area contributed by atoms with Crippen LogP contribution in [0.4, 0.5) is 10.5 Å². The predicted octanol–water partition coefficient (Wildman–Crippen LogP) is 4.13. The number of anilines is 1. The Morgan fingerprint density at radius 3 is 2.08 bits per heavy atom. The van der Waals surface area contributed by atoms with E-state index in [0.29, 0.717) is 12.8 Å². The molecule has 4 rings (SSSR count). The van der Waals surface area contributed by atoms with Gasteiger partial charge in [0.2, 0.25) is 0 Å². The molecule has 6 N–H and O–H groups in total. The first-order valence-electron chi connectivity index (χ1n) is 12.4. The van der Waals surface area contributed by atoms with Gasteiger partial charge in [-0.2, -0.15) is 0 Å². The number of nitrogens with two attached hydrogens (primary N) is 1. The molecule has 1 unspecified atom stereocenters. The molecule has 0 spiro atoms. The maximum Gasteiger partial charge on any atom is 0.407 e. The topological polar surface area (TPSA) is 134 Å². The van der Waals surface area contributed by atoms with Gasteiger partial charge in [0.15, 0.2) is 0 Å². The number of aliphatic hydroxyl groups is 1. The number of aliphatic hydroxyl groups excluding tert-OH is 1. The average molecular weight is 506 g/mol. The highest BCUT2D eigenvalue weighted by Gasteiger charge is 2.29. The highest BCUT2D eigenvalue weighted by atomic mass is 16.5. The van der Waals surface area contributed by atoms with E-state index < -0.39 is 18.1 Å². The number of unbranched alkanes of at least 4 members (excludes halogenated alkanes) is 1. The molecule has 37 heavy (non-hydrogen) atoms. The number of nitrogen functional groups attached to an aromatic ring is 1. The summed E-state index contributed by atoms with van der Waals surface area (Å²) in [6.07, 6.45) is 1.25. The number of carbonyl (C=O) groups is 2. The first-order chi connectivity index (χ1) is 17.9. The van der Waals surface area contributed by atoms with Crippen LogP contribution in [-0.4, -0.2) is 48.5 Å². The fraction of sp³-hybridized carbons (Fsp3) is 0.310. The third-order valence-corrected chi connectivity index (χ3v) is 6.27. The van der Waals surface area contributed by atoms with Crippen LogP contribution in [0.5, 0.6) is 0 Å². The van der Waals surface area contributed by atoms with E-state index in [9.17, 15) is 14.7 Å². The van der Waals surface area contributed by atoms with Crippen molar-refractivity contribution in [2.24, 2.45) is 0 Å². The van der Waals surface area contributed by atoms with Gasteiger partial charge in [0.25, 0.3) is 0 Å². The first kappa shape index (κ1) is 27.7. The van der Waals surface area contributed by atoms with Crippen molar-refractivity contribution in [3.05, 3.63) is 89.5 Å². The predicted molar refractivity (Wildman–Crippen MR) is 144 cm³/mol. The van der Waals surface area contributed by atoms with Gasteiger partial charge >= 0.3 is 12.1 Å². The highest BCUT2D eigenvalue weighted by Crippen LogP contribution is 2.44. The number of aliphatic carboxylic acids is 1. The Bertz CT molecular complexity index is 1120. The lowest BCUT2D eigenvalue weighted by atomic mass is 9.98. The Balaban J connectivity index is 0.000000356. The maximum absolute atomic E-state index is 12.2.